The summed E-state index contributed by atoms with van der Waals surface area (Å²) in [5, 5.41) is 4.06. The zero-order valence-electron chi connectivity index (χ0n) is 21.6. The van der Waals surface area contributed by atoms with Crippen molar-refractivity contribution in [3.05, 3.63) is 58.1 Å². The molecule has 0 fully saturated rings. The molecule has 1 N–H and O–H groups in total. The Morgan fingerprint density at radius 2 is 1.50 bits per heavy atom. The number of carbonyl (C=O) groups excluding carboxylic acids is 2. The summed E-state index contributed by atoms with van der Waals surface area (Å²) in [7, 11) is 1.57. The van der Waals surface area contributed by atoms with E-state index in [2.05, 4.69) is 33.4 Å². The van der Waals surface area contributed by atoms with Gasteiger partial charge in [0.05, 0.1) is 18.9 Å². The van der Waals surface area contributed by atoms with Crippen LogP contribution in [-0.4, -0.2) is 25.2 Å². The van der Waals surface area contributed by atoms with Crippen LogP contribution in [-0.2, 0) is 4.79 Å². The molecule has 2 aromatic carbocycles. The van der Waals surface area contributed by atoms with Gasteiger partial charge in [-0.05, 0) is 48.9 Å². The van der Waals surface area contributed by atoms with Gasteiger partial charge >= 0.3 is 5.97 Å². The predicted octanol–water partition coefficient (Wildman–Crippen LogP) is 7.83. The summed E-state index contributed by atoms with van der Waals surface area (Å²) in [6.07, 6.45) is 15.6. The first kappa shape index (κ1) is 29.6. The van der Waals surface area contributed by atoms with Gasteiger partial charge in [-0.1, -0.05) is 87.1 Å². The molecule has 0 saturated carbocycles. The Balaban J connectivity index is 1.71. The van der Waals surface area contributed by atoms with Gasteiger partial charge in [0.2, 0.25) is 5.91 Å². The molecule has 196 valence electrons. The molecule has 36 heavy (non-hydrogen) atoms. The molecule has 2 aromatic rings. The molecule has 0 aliphatic carbocycles. The number of halogens is 1. The molecule has 0 spiro atoms. The van der Waals surface area contributed by atoms with Crippen molar-refractivity contribution in [2.45, 2.75) is 84.0 Å². The van der Waals surface area contributed by atoms with Crippen LogP contribution in [0.25, 0.3) is 0 Å². The van der Waals surface area contributed by atoms with Crippen molar-refractivity contribution in [2.75, 3.05) is 7.11 Å². The summed E-state index contributed by atoms with van der Waals surface area (Å²) in [5.41, 5.74) is 3.55. The number of hydrogen-bond donors (Lipinski definition) is 1. The van der Waals surface area contributed by atoms with E-state index in [0.29, 0.717) is 29.0 Å². The molecule has 7 heteroatoms. The summed E-state index contributed by atoms with van der Waals surface area (Å²) in [6.45, 7) is 2.25. The molecule has 0 aliphatic rings. The van der Waals surface area contributed by atoms with Gasteiger partial charge in [-0.2, -0.15) is 5.10 Å². The van der Waals surface area contributed by atoms with E-state index in [1.807, 2.05) is 0 Å². The van der Waals surface area contributed by atoms with E-state index in [0.717, 1.165) is 17.3 Å². The average Bonchev–Trinajstić information content (AvgIpc) is 2.88. The topological polar surface area (TPSA) is 77.0 Å². The Morgan fingerprint density at radius 3 is 2.11 bits per heavy atom. The number of benzene rings is 2. The molecular weight excluding hydrogens is 520 g/mol. The van der Waals surface area contributed by atoms with Gasteiger partial charge in [-0.15, -0.1) is 0 Å². The highest BCUT2D eigenvalue weighted by Crippen LogP contribution is 2.23. The van der Waals surface area contributed by atoms with Crippen LogP contribution < -0.4 is 14.9 Å². The Morgan fingerprint density at radius 1 is 0.889 bits per heavy atom. The molecule has 0 unspecified atom stereocenters. The van der Waals surface area contributed by atoms with Gasteiger partial charge in [-0.3, -0.25) is 4.79 Å². The van der Waals surface area contributed by atoms with E-state index >= 15 is 0 Å². The van der Waals surface area contributed by atoms with E-state index in [1.54, 1.807) is 49.6 Å². The lowest BCUT2D eigenvalue weighted by atomic mass is 10.1. The van der Waals surface area contributed by atoms with Gasteiger partial charge in [0.25, 0.3) is 0 Å². The lowest BCUT2D eigenvalue weighted by Crippen LogP contribution is -2.17. The molecule has 1 amide bonds. The van der Waals surface area contributed by atoms with Crippen LogP contribution in [0.3, 0.4) is 0 Å². The molecule has 0 saturated heterocycles. The standard InChI is InChI=1S/C29H39BrN2O4/c1-3-4-5-6-7-8-9-10-11-12-13-14-28(33)32-31-22-24-21-25(30)17-20-27(24)36-29(34)23-15-18-26(35-2)19-16-23/h15-22H,3-14H2,1-2H3,(H,32,33)/b31-22+. The summed E-state index contributed by atoms with van der Waals surface area (Å²) < 4.78 is 11.5. The number of unbranched alkanes of at least 4 members (excludes halogenated alkanes) is 10. The maximum absolute atomic E-state index is 12.5. The normalized spacial score (nSPS) is 11.0. The number of rotatable bonds is 17. The molecule has 0 radical (unpaired) electrons. The number of carbonyl (C=O) groups is 2. The second-order valence-electron chi connectivity index (χ2n) is 8.88. The highest BCUT2D eigenvalue weighted by Gasteiger charge is 2.12. The third-order valence-electron chi connectivity index (χ3n) is 5.90. The van der Waals surface area contributed by atoms with E-state index in [1.165, 1.54) is 64.0 Å². The second-order valence-corrected chi connectivity index (χ2v) is 9.79. The summed E-state index contributed by atoms with van der Waals surface area (Å²) >= 11 is 3.42. The number of nitrogens with one attached hydrogen (secondary N) is 1. The Kier molecular flexibility index (Phi) is 14.5. The Hall–Kier alpha value is -2.67. The first-order chi connectivity index (χ1) is 17.5. The zero-order chi connectivity index (χ0) is 26.0. The van der Waals surface area contributed by atoms with Crippen LogP contribution in [0.5, 0.6) is 11.5 Å². The third kappa shape index (κ3) is 11.8. The highest BCUT2D eigenvalue weighted by molar-refractivity contribution is 9.10. The first-order valence-electron chi connectivity index (χ1n) is 13.0. The zero-order valence-corrected chi connectivity index (χ0v) is 23.1. The molecule has 0 bridgehead atoms. The van der Waals surface area contributed by atoms with Gasteiger partial charge in [0.15, 0.2) is 0 Å². The second kappa shape index (κ2) is 17.7. The number of methoxy groups -OCH3 is 1. The summed E-state index contributed by atoms with van der Waals surface area (Å²) in [6, 6.07) is 11.9. The molecule has 2 rings (SSSR count). The van der Waals surface area contributed by atoms with Crippen LogP contribution in [0, 0.1) is 0 Å². The maximum atomic E-state index is 12.5. The fourth-order valence-corrected chi connectivity index (χ4v) is 4.16. The number of nitrogens with zero attached hydrogens (tertiary/aromatic N) is 1. The summed E-state index contributed by atoms with van der Waals surface area (Å²) in [4.78, 5) is 24.7. The fraction of sp³-hybridized carbons (Fsp3) is 0.483. The fourth-order valence-electron chi connectivity index (χ4n) is 3.78. The van der Waals surface area contributed by atoms with E-state index < -0.39 is 5.97 Å². The van der Waals surface area contributed by atoms with Crippen LogP contribution in [0.1, 0.15) is 99.9 Å². The van der Waals surface area contributed by atoms with Crippen molar-refractivity contribution in [1.29, 1.82) is 0 Å². The molecule has 0 heterocycles. The monoisotopic (exact) mass is 558 g/mol. The molecule has 0 aliphatic heterocycles. The van der Waals surface area contributed by atoms with Crippen molar-refractivity contribution in [3.8, 4) is 11.5 Å². The molecular formula is C29H39BrN2O4. The lowest BCUT2D eigenvalue weighted by Gasteiger charge is -2.08. The minimum Gasteiger partial charge on any atom is -0.497 e. The van der Waals surface area contributed by atoms with Crippen molar-refractivity contribution >= 4 is 34.0 Å². The summed E-state index contributed by atoms with van der Waals surface area (Å²) in [5.74, 6) is 0.401. The van der Waals surface area contributed by atoms with Crippen molar-refractivity contribution in [2.24, 2.45) is 5.10 Å². The van der Waals surface area contributed by atoms with Gasteiger partial charge in [0.1, 0.15) is 11.5 Å². The van der Waals surface area contributed by atoms with Crippen molar-refractivity contribution < 1.29 is 19.1 Å². The van der Waals surface area contributed by atoms with Crippen LogP contribution >= 0.6 is 15.9 Å². The smallest absolute Gasteiger partial charge is 0.343 e. The maximum Gasteiger partial charge on any atom is 0.343 e. The minimum absolute atomic E-state index is 0.117. The largest absolute Gasteiger partial charge is 0.497 e. The van der Waals surface area contributed by atoms with Crippen LogP contribution in [0.15, 0.2) is 52.0 Å². The van der Waals surface area contributed by atoms with Crippen LogP contribution in [0.2, 0.25) is 0 Å². The highest BCUT2D eigenvalue weighted by atomic mass is 79.9. The third-order valence-corrected chi connectivity index (χ3v) is 6.39. The number of hydrazone groups is 1. The number of esters is 1. The van der Waals surface area contributed by atoms with Gasteiger partial charge < -0.3 is 9.47 Å². The minimum atomic E-state index is -0.491. The van der Waals surface area contributed by atoms with Gasteiger partial charge in [-0.25, -0.2) is 10.2 Å². The Labute approximate surface area is 224 Å². The SMILES string of the molecule is CCCCCCCCCCCCCC(=O)N/N=C/c1cc(Br)ccc1OC(=O)c1ccc(OC)cc1. The quantitative estimate of drug-likeness (QED) is 0.0705. The van der Waals surface area contributed by atoms with Crippen LogP contribution in [0.4, 0.5) is 0 Å². The number of ether oxygens (including phenoxy) is 2. The molecule has 6 nitrogen and oxygen atoms in total. The van der Waals surface area contributed by atoms with Crippen molar-refractivity contribution in [1.82, 2.24) is 5.43 Å². The van der Waals surface area contributed by atoms with E-state index in [4.69, 9.17) is 9.47 Å². The predicted molar refractivity (Wildman–Crippen MR) is 149 cm³/mol. The van der Waals surface area contributed by atoms with E-state index in [-0.39, 0.29) is 5.91 Å². The van der Waals surface area contributed by atoms with Crippen molar-refractivity contribution in [3.63, 3.8) is 0 Å². The number of amides is 1. The molecule has 0 aromatic heterocycles. The average molecular weight is 560 g/mol. The lowest BCUT2D eigenvalue weighted by molar-refractivity contribution is -0.121. The van der Waals surface area contributed by atoms with Gasteiger partial charge in [0, 0.05) is 16.5 Å². The first-order valence-corrected chi connectivity index (χ1v) is 13.8. The number of hydrogen-bond acceptors (Lipinski definition) is 5. The molecule has 0 atom stereocenters. The van der Waals surface area contributed by atoms with E-state index in [9.17, 15) is 9.59 Å². The Bertz CT molecular complexity index is 960.